The summed E-state index contributed by atoms with van der Waals surface area (Å²) in [5.74, 6) is 0. The first-order valence-electron chi connectivity index (χ1n) is 6.80. The van der Waals surface area contributed by atoms with Crippen LogP contribution in [-0.2, 0) is 9.47 Å². The molecule has 4 nitrogen and oxygen atoms in total. The number of rotatable bonds is 4. The highest BCUT2D eigenvalue weighted by Crippen LogP contribution is 2.29. The summed E-state index contributed by atoms with van der Waals surface area (Å²) in [7, 11) is 2.04. The van der Waals surface area contributed by atoms with Crippen LogP contribution in [0.1, 0.15) is 19.8 Å². The Labute approximate surface area is 105 Å². The zero-order valence-corrected chi connectivity index (χ0v) is 11.2. The summed E-state index contributed by atoms with van der Waals surface area (Å²) in [5.41, 5.74) is 0.318. The van der Waals surface area contributed by atoms with Crippen LogP contribution in [0.3, 0.4) is 0 Å². The maximum Gasteiger partial charge on any atom is 0.0673 e. The van der Waals surface area contributed by atoms with Gasteiger partial charge in [-0.15, -0.1) is 0 Å². The van der Waals surface area contributed by atoms with Crippen molar-refractivity contribution in [1.29, 1.82) is 0 Å². The van der Waals surface area contributed by atoms with Gasteiger partial charge in [0.25, 0.3) is 0 Å². The van der Waals surface area contributed by atoms with Gasteiger partial charge in [-0.3, -0.25) is 4.90 Å². The van der Waals surface area contributed by atoms with E-state index in [4.69, 9.17) is 9.47 Å². The Morgan fingerprint density at radius 3 is 3.00 bits per heavy atom. The summed E-state index contributed by atoms with van der Waals surface area (Å²) in [6.45, 7) is 9.32. The molecule has 0 amide bonds. The first-order valence-corrected chi connectivity index (χ1v) is 6.80. The van der Waals surface area contributed by atoms with Crippen molar-refractivity contribution in [1.82, 2.24) is 10.2 Å². The summed E-state index contributed by atoms with van der Waals surface area (Å²) >= 11 is 0. The monoisotopic (exact) mass is 242 g/mol. The summed E-state index contributed by atoms with van der Waals surface area (Å²) in [5, 5.41) is 3.33. The van der Waals surface area contributed by atoms with Crippen molar-refractivity contribution in [2.75, 3.05) is 53.0 Å². The fourth-order valence-corrected chi connectivity index (χ4v) is 3.04. The van der Waals surface area contributed by atoms with E-state index in [1.807, 2.05) is 7.05 Å². The predicted molar refractivity (Wildman–Crippen MR) is 68.3 cm³/mol. The van der Waals surface area contributed by atoms with Crippen molar-refractivity contribution in [2.45, 2.75) is 25.9 Å². The van der Waals surface area contributed by atoms with E-state index in [2.05, 4.69) is 17.1 Å². The molecule has 2 heterocycles. The second kappa shape index (κ2) is 6.14. The van der Waals surface area contributed by atoms with Gasteiger partial charge in [-0.05, 0) is 26.8 Å². The van der Waals surface area contributed by atoms with E-state index in [0.29, 0.717) is 11.5 Å². The number of ether oxygens (including phenoxy) is 2. The quantitative estimate of drug-likeness (QED) is 0.788. The van der Waals surface area contributed by atoms with Gasteiger partial charge in [-0.2, -0.15) is 0 Å². The lowest BCUT2D eigenvalue weighted by molar-refractivity contribution is 0.0559. The van der Waals surface area contributed by atoms with Crippen LogP contribution in [0.4, 0.5) is 0 Å². The lowest BCUT2D eigenvalue weighted by Crippen LogP contribution is -2.45. The average Bonchev–Trinajstić information content (AvgIpc) is 2.63. The van der Waals surface area contributed by atoms with Crippen LogP contribution in [0.5, 0.6) is 0 Å². The molecule has 0 aromatic carbocycles. The molecule has 0 aromatic heterocycles. The molecule has 0 radical (unpaired) electrons. The van der Waals surface area contributed by atoms with Crippen LogP contribution >= 0.6 is 0 Å². The molecule has 2 saturated heterocycles. The lowest BCUT2D eigenvalue weighted by Gasteiger charge is -2.34. The molecule has 4 heteroatoms. The van der Waals surface area contributed by atoms with E-state index in [1.165, 1.54) is 6.42 Å². The molecule has 2 aliphatic heterocycles. The fourth-order valence-electron chi connectivity index (χ4n) is 3.04. The molecule has 1 N–H and O–H groups in total. The molecule has 0 aliphatic carbocycles. The summed E-state index contributed by atoms with van der Waals surface area (Å²) in [4.78, 5) is 2.56. The number of nitrogens with zero attached hydrogens (tertiary/aromatic N) is 1. The van der Waals surface area contributed by atoms with Gasteiger partial charge in [0.05, 0.1) is 12.7 Å². The standard InChI is InChI=1S/C13H26N2O2/c1-12-8-15(5-3-6-17-12)10-13(9-14-2)4-7-16-11-13/h12,14H,3-11H2,1-2H3. The van der Waals surface area contributed by atoms with Gasteiger partial charge < -0.3 is 14.8 Å². The summed E-state index contributed by atoms with van der Waals surface area (Å²) in [6, 6.07) is 0. The van der Waals surface area contributed by atoms with E-state index < -0.39 is 0 Å². The molecular formula is C13H26N2O2. The fraction of sp³-hybridized carbons (Fsp3) is 1.00. The minimum atomic E-state index is 0.318. The number of nitrogens with one attached hydrogen (secondary N) is 1. The van der Waals surface area contributed by atoms with Gasteiger partial charge in [0.1, 0.15) is 0 Å². The molecule has 2 unspecified atom stereocenters. The third-order valence-corrected chi connectivity index (χ3v) is 3.83. The topological polar surface area (TPSA) is 33.7 Å². The van der Waals surface area contributed by atoms with Gasteiger partial charge in [0, 0.05) is 44.8 Å². The molecule has 0 bridgehead atoms. The zero-order valence-electron chi connectivity index (χ0n) is 11.2. The summed E-state index contributed by atoms with van der Waals surface area (Å²) in [6.07, 6.45) is 2.70. The molecule has 0 saturated carbocycles. The van der Waals surface area contributed by atoms with E-state index >= 15 is 0 Å². The van der Waals surface area contributed by atoms with Crippen LogP contribution in [0, 0.1) is 5.41 Å². The molecule has 2 aliphatic rings. The lowest BCUT2D eigenvalue weighted by atomic mass is 9.86. The van der Waals surface area contributed by atoms with E-state index in [9.17, 15) is 0 Å². The number of hydrogen-bond donors (Lipinski definition) is 1. The Morgan fingerprint density at radius 1 is 1.41 bits per heavy atom. The minimum absolute atomic E-state index is 0.318. The highest BCUT2D eigenvalue weighted by Gasteiger charge is 2.36. The highest BCUT2D eigenvalue weighted by atomic mass is 16.5. The molecule has 100 valence electrons. The Balaban J connectivity index is 1.92. The summed E-state index contributed by atoms with van der Waals surface area (Å²) < 4.78 is 11.3. The Kier molecular flexibility index (Phi) is 4.79. The van der Waals surface area contributed by atoms with Crippen LogP contribution in [0.2, 0.25) is 0 Å². The average molecular weight is 242 g/mol. The molecule has 0 spiro atoms. The Hall–Kier alpha value is -0.160. The molecular weight excluding hydrogens is 216 g/mol. The third kappa shape index (κ3) is 3.65. The van der Waals surface area contributed by atoms with Crippen molar-refractivity contribution in [3.63, 3.8) is 0 Å². The van der Waals surface area contributed by atoms with Crippen molar-refractivity contribution in [2.24, 2.45) is 5.41 Å². The van der Waals surface area contributed by atoms with E-state index in [0.717, 1.165) is 52.4 Å². The second-order valence-corrected chi connectivity index (χ2v) is 5.60. The Morgan fingerprint density at radius 2 is 2.29 bits per heavy atom. The largest absolute Gasteiger partial charge is 0.381 e. The van der Waals surface area contributed by atoms with Crippen LogP contribution < -0.4 is 5.32 Å². The maximum absolute atomic E-state index is 5.70. The van der Waals surface area contributed by atoms with Crippen LogP contribution in [-0.4, -0.2) is 64.1 Å². The van der Waals surface area contributed by atoms with Crippen molar-refractivity contribution >= 4 is 0 Å². The predicted octanol–water partition coefficient (Wildman–Crippen LogP) is 0.723. The van der Waals surface area contributed by atoms with Gasteiger partial charge >= 0.3 is 0 Å². The van der Waals surface area contributed by atoms with E-state index in [-0.39, 0.29) is 0 Å². The first kappa shape index (κ1) is 13.3. The first-order chi connectivity index (χ1) is 8.24. The molecule has 17 heavy (non-hydrogen) atoms. The maximum atomic E-state index is 5.70. The van der Waals surface area contributed by atoms with Crippen LogP contribution in [0.25, 0.3) is 0 Å². The normalized spacial score (nSPS) is 36.0. The molecule has 2 fully saturated rings. The SMILES string of the molecule is CNCC1(CN2CCCOC(C)C2)CCOC1. The zero-order chi connectivity index (χ0) is 12.1. The van der Waals surface area contributed by atoms with Crippen molar-refractivity contribution in [3.8, 4) is 0 Å². The van der Waals surface area contributed by atoms with Gasteiger partial charge in [-0.25, -0.2) is 0 Å². The van der Waals surface area contributed by atoms with Gasteiger partial charge in [0.15, 0.2) is 0 Å². The Bertz CT molecular complexity index is 229. The number of hydrogen-bond acceptors (Lipinski definition) is 4. The minimum Gasteiger partial charge on any atom is -0.381 e. The van der Waals surface area contributed by atoms with Gasteiger partial charge in [0.2, 0.25) is 0 Å². The molecule has 2 rings (SSSR count). The van der Waals surface area contributed by atoms with Crippen LogP contribution in [0.15, 0.2) is 0 Å². The van der Waals surface area contributed by atoms with E-state index in [1.54, 1.807) is 0 Å². The third-order valence-electron chi connectivity index (χ3n) is 3.83. The smallest absolute Gasteiger partial charge is 0.0673 e. The van der Waals surface area contributed by atoms with Gasteiger partial charge in [-0.1, -0.05) is 0 Å². The highest BCUT2D eigenvalue weighted by molar-refractivity contribution is 4.88. The molecule has 2 atom stereocenters. The molecule has 0 aromatic rings. The van der Waals surface area contributed by atoms with Crippen molar-refractivity contribution in [3.05, 3.63) is 0 Å². The second-order valence-electron chi connectivity index (χ2n) is 5.60. The van der Waals surface area contributed by atoms with Crippen molar-refractivity contribution < 1.29 is 9.47 Å².